The Morgan fingerprint density at radius 3 is 2.36 bits per heavy atom. The molecule has 0 aliphatic carbocycles. The molecule has 0 aliphatic heterocycles. The predicted molar refractivity (Wildman–Crippen MR) is 101 cm³/mol. The standard InChI is InChI=1S/C19H19Cl2NO3/c1-11(2)16-6-4-5-12(3)18(16)22-17(23)10-25-19(24)13-7-14(20)9-15(21)8-13/h4-9,11H,10H2,1-3H3,(H,22,23). The average Bonchev–Trinajstić information content (AvgIpc) is 2.53. The van der Waals surface area contributed by atoms with Gasteiger partial charge in [0.1, 0.15) is 0 Å². The largest absolute Gasteiger partial charge is 0.452 e. The van der Waals surface area contributed by atoms with E-state index in [0.717, 1.165) is 16.8 Å². The molecule has 25 heavy (non-hydrogen) atoms. The number of carbonyl (C=O) groups excluding carboxylic acids is 2. The summed E-state index contributed by atoms with van der Waals surface area (Å²) in [4.78, 5) is 24.2. The minimum absolute atomic E-state index is 0.198. The Labute approximate surface area is 157 Å². The number of nitrogens with one attached hydrogen (secondary N) is 1. The second-order valence-corrected chi connectivity index (χ2v) is 6.85. The molecule has 0 atom stereocenters. The highest BCUT2D eigenvalue weighted by molar-refractivity contribution is 6.35. The van der Waals surface area contributed by atoms with Crippen molar-refractivity contribution >= 4 is 40.8 Å². The number of carbonyl (C=O) groups is 2. The Balaban J connectivity index is 2.03. The first-order chi connectivity index (χ1) is 11.8. The third kappa shape index (κ3) is 5.21. The first kappa shape index (κ1) is 19.3. The van der Waals surface area contributed by atoms with Crippen LogP contribution in [0.4, 0.5) is 5.69 Å². The van der Waals surface area contributed by atoms with E-state index in [1.54, 1.807) is 0 Å². The average molecular weight is 380 g/mol. The fourth-order valence-electron chi connectivity index (χ4n) is 2.40. The highest BCUT2D eigenvalue weighted by Crippen LogP contribution is 2.27. The fraction of sp³-hybridized carbons (Fsp3) is 0.263. The quantitative estimate of drug-likeness (QED) is 0.724. The van der Waals surface area contributed by atoms with Crippen molar-refractivity contribution in [2.45, 2.75) is 26.7 Å². The minimum Gasteiger partial charge on any atom is -0.452 e. The smallest absolute Gasteiger partial charge is 0.338 e. The number of anilines is 1. The molecule has 0 bridgehead atoms. The number of aryl methyl sites for hydroxylation is 1. The molecule has 0 heterocycles. The van der Waals surface area contributed by atoms with E-state index < -0.39 is 18.5 Å². The number of hydrogen-bond acceptors (Lipinski definition) is 3. The number of ether oxygens (including phenoxy) is 1. The second-order valence-electron chi connectivity index (χ2n) is 5.98. The van der Waals surface area contributed by atoms with Crippen molar-refractivity contribution in [2.24, 2.45) is 0 Å². The van der Waals surface area contributed by atoms with Gasteiger partial charge in [0.25, 0.3) is 5.91 Å². The van der Waals surface area contributed by atoms with E-state index in [1.807, 2.05) is 39.0 Å². The van der Waals surface area contributed by atoms with Crippen LogP contribution in [0.2, 0.25) is 10.0 Å². The van der Waals surface area contributed by atoms with Gasteiger partial charge in [-0.15, -0.1) is 0 Å². The number of halogens is 2. The van der Waals surface area contributed by atoms with Crippen molar-refractivity contribution in [1.82, 2.24) is 0 Å². The molecule has 2 aromatic carbocycles. The predicted octanol–water partition coefficient (Wildman–Crippen LogP) is 5.22. The maximum atomic E-state index is 12.2. The van der Waals surface area contributed by atoms with Gasteiger partial charge in [-0.1, -0.05) is 55.2 Å². The SMILES string of the molecule is Cc1cccc(C(C)C)c1NC(=O)COC(=O)c1cc(Cl)cc(Cl)c1. The van der Waals surface area contributed by atoms with Gasteiger partial charge in [0, 0.05) is 15.7 Å². The highest BCUT2D eigenvalue weighted by atomic mass is 35.5. The van der Waals surface area contributed by atoms with Gasteiger partial charge in [0.15, 0.2) is 6.61 Å². The number of benzene rings is 2. The highest BCUT2D eigenvalue weighted by Gasteiger charge is 2.15. The first-order valence-corrected chi connectivity index (χ1v) is 8.56. The molecule has 6 heteroatoms. The zero-order chi connectivity index (χ0) is 18.6. The molecular weight excluding hydrogens is 361 g/mol. The lowest BCUT2D eigenvalue weighted by Gasteiger charge is -2.16. The molecule has 0 aliphatic rings. The van der Waals surface area contributed by atoms with Crippen molar-refractivity contribution < 1.29 is 14.3 Å². The molecule has 132 valence electrons. The van der Waals surface area contributed by atoms with E-state index in [1.165, 1.54) is 18.2 Å². The van der Waals surface area contributed by atoms with E-state index in [2.05, 4.69) is 5.32 Å². The van der Waals surface area contributed by atoms with Gasteiger partial charge in [-0.05, 0) is 42.2 Å². The Bertz CT molecular complexity index is 783. The summed E-state index contributed by atoms with van der Waals surface area (Å²) < 4.78 is 5.04. The van der Waals surface area contributed by atoms with Crippen molar-refractivity contribution in [1.29, 1.82) is 0 Å². The van der Waals surface area contributed by atoms with Gasteiger partial charge in [0.2, 0.25) is 0 Å². The van der Waals surface area contributed by atoms with Gasteiger partial charge < -0.3 is 10.1 Å². The number of amides is 1. The maximum Gasteiger partial charge on any atom is 0.338 e. The molecular formula is C19H19Cl2NO3. The summed E-state index contributed by atoms with van der Waals surface area (Å²) >= 11 is 11.7. The van der Waals surface area contributed by atoms with Crippen molar-refractivity contribution in [3.05, 3.63) is 63.1 Å². The zero-order valence-electron chi connectivity index (χ0n) is 14.2. The molecule has 0 saturated carbocycles. The van der Waals surface area contributed by atoms with E-state index in [0.29, 0.717) is 10.0 Å². The van der Waals surface area contributed by atoms with E-state index in [4.69, 9.17) is 27.9 Å². The molecule has 0 unspecified atom stereocenters. The third-order valence-corrected chi connectivity index (χ3v) is 4.06. The molecule has 2 aromatic rings. The van der Waals surface area contributed by atoms with Crippen LogP contribution in [-0.4, -0.2) is 18.5 Å². The normalized spacial score (nSPS) is 10.6. The number of para-hydroxylation sites is 1. The number of esters is 1. The molecule has 0 fully saturated rings. The molecule has 0 spiro atoms. The lowest BCUT2D eigenvalue weighted by atomic mass is 9.98. The zero-order valence-corrected chi connectivity index (χ0v) is 15.7. The summed E-state index contributed by atoms with van der Waals surface area (Å²) in [6.45, 7) is 5.62. The first-order valence-electron chi connectivity index (χ1n) is 7.80. The summed E-state index contributed by atoms with van der Waals surface area (Å²) in [6, 6.07) is 10.2. The van der Waals surface area contributed by atoms with Crippen LogP contribution >= 0.6 is 23.2 Å². The Morgan fingerprint density at radius 1 is 1.12 bits per heavy atom. The van der Waals surface area contributed by atoms with Crippen LogP contribution in [-0.2, 0) is 9.53 Å². The molecule has 4 nitrogen and oxygen atoms in total. The van der Waals surface area contributed by atoms with E-state index in [-0.39, 0.29) is 11.5 Å². The van der Waals surface area contributed by atoms with E-state index in [9.17, 15) is 9.59 Å². The fourth-order valence-corrected chi connectivity index (χ4v) is 2.93. The van der Waals surface area contributed by atoms with Crippen LogP contribution in [0.5, 0.6) is 0 Å². The van der Waals surface area contributed by atoms with Gasteiger partial charge in [-0.25, -0.2) is 4.79 Å². The summed E-state index contributed by atoms with van der Waals surface area (Å²) in [6.07, 6.45) is 0. The summed E-state index contributed by atoms with van der Waals surface area (Å²) in [5.41, 5.74) is 2.93. The minimum atomic E-state index is -0.659. The Hall–Kier alpha value is -2.04. The topological polar surface area (TPSA) is 55.4 Å². The summed E-state index contributed by atoms with van der Waals surface area (Å²) in [5, 5.41) is 3.47. The molecule has 1 N–H and O–H groups in total. The monoisotopic (exact) mass is 379 g/mol. The lowest BCUT2D eigenvalue weighted by Crippen LogP contribution is -2.22. The molecule has 0 radical (unpaired) electrons. The van der Waals surface area contributed by atoms with Crippen molar-refractivity contribution in [2.75, 3.05) is 11.9 Å². The third-order valence-electron chi connectivity index (χ3n) is 3.62. The van der Waals surface area contributed by atoms with Crippen LogP contribution in [0, 0.1) is 6.92 Å². The van der Waals surface area contributed by atoms with Gasteiger partial charge >= 0.3 is 5.97 Å². The van der Waals surface area contributed by atoms with Gasteiger partial charge in [-0.2, -0.15) is 0 Å². The molecule has 0 saturated heterocycles. The van der Waals surface area contributed by atoms with Gasteiger partial charge in [0.05, 0.1) is 5.56 Å². The van der Waals surface area contributed by atoms with Crippen molar-refractivity contribution in [3.63, 3.8) is 0 Å². The van der Waals surface area contributed by atoms with Crippen LogP contribution in [0.25, 0.3) is 0 Å². The Kier molecular flexibility index (Phi) is 6.45. The second kappa shape index (κ2) is 8.37. The lowest BCUT2D eigenvalue weighted by molar-refractivity contribution is -0.119. The maximum absolute atomic E-state index is 12.2. The summed E-state index contributed by atoms with van der Waals surface area (Å²) in [5.74, 6) is -0.808. The van der Waals surface area contributed by atoms with Crippen molar-refractivity contribution in [3.8, 4) is 0 Å². The Morgan fingerprint density at radius 2 is 1.76 bits per heavy atom. The molecule has 1 amide bonds. The number of rotatable bonds is 5. The van der Waals surface area contributed by atoms with Crippen LogP contribution in [0.15, 0.2) is 36.4 Å². The van der Waals surface area contributed by atoms with Crippen LogP contribution in [0.1, 0.15) is 41.3 Å². The number of hydrogen-bond donors (Lipinski definition) is 1. The van der Waals surface area contributed by atoms with Gasteiger partial charge in [-0.3, -0.25) is 4.79 Å². The molecule has 2 rings (SSSR count). The van der Waals surface area contributed by atoms with Crippen LogP contribution < -0.4 is 5.32 Å². The summed E-state index contributed by atoms with van der Waals surface area (Å²) in [7, 11) is 0. The van der Waals surface area contributed by atoms with Crippen LogP contribution in [0.3, 0.4) is 0 Å². The van der Waals surface area contributed by atoms with E-state index >= 15 is 0 Å². The molecule has 0 aromatic heterocycles.